The molecule has 0 spiro atoms. The molecule has 0 saturated heterocycles. The van der Waals surface area contributed by atoms with Crippen molar-refractivity contribution in [3.05, 3.63) is 0 Å². The summed E-state index contributed by atoms with van der Waals surface area (Å²) in [6, 6.07) is 0. The molecule has 0 aliphatic carbocycles. The molecule has 0 aliphatic heterocycles. The van der Waals surface area contributed by atoms with Crippen LogP contribution in [0.25, 0.3) is 0 Å². The number of hydrogen-bond acceptors (Lipinski definition) is 9. The Hall–Kier alpha value is -0.160. The molecule has 0 bridgehead atoms. The third kappa shape index (κ3) is 15.8. The Bertz CT molecular complexity index is 596. The number of hydrogen-bond donors (Lipinski definition) is 0. The fraction of sp³-hybridized carbons (Fsp3) is 1.00. The topological polar surface area (TPSA) is 172 Å². The van der Waals surface area contributed by atoms with Crippen molar-refractivity contribution in [2.45, 2.75) is 16.5 Å². The molecule has 161 valence electrons. The van der Waals surface area contributed by atoms with Gasteiger partial charge in [-0.1, -0.05) is 0 Å². The average Bonchev–Trinajstić information content (AvgIpc) is 2.08. The van der Waals surface area contributed by atoms with E-state index < -0.39 is 46.9 Å². The summed E-state index contributed by atoms with van der Waals surface area (Å²) in [6.45, 7) is 0. The Labute approximate surface area is 147 Å². The summed E-state index contributed by atoms with van der Waals surface area (Å²) in [5, 5.41) is 0. The van der Waals surface area contributed by atoms with E-state index in [2.05, 4.69) is 0 Å². The van der Waals surface area contributed by atoms with Gasteiger partial charge < -0.3 is 13.7 Å². The van der Waals surface area contributed by atoms with Crippen molar-refractivity contribution in [2.75, 3.05) is 0 Å². The Morgan fingerprint density at radius 1 is 0.440 bits per heavy atom. The molecule has 22 heteroatoms. The molecular weight excluding hydrogens is 555 g/mol. The van der Waals surface area contributed by atoms with Crippen molar-refractivity contribution in [3.8, 4) is 0 Å². The second kappa shape index (κ2) is 9.68. The number of halogens is 9. The van der Waals surface area contributed by atoms with E-state index in [1.54, 1.807) is 0 Å². The summed E-state index contributed by atoms with van der Waals surface area (Å²) in [6.07, 6.45) is 0. The van der Waals surface area contributed by atoms with E-state index in [-0.39, 0.29) is 22.4 Å². The first kappa shape index (κ1) is 32.5. The van der Waals surface area contributed by atoms with Crippen LogP contribution < -0.4 is 0 Å². The van der Waals surface area contributed by atoms with Crippen molar-refractivity contribution in [1.82, 2.24) is 0 Å². The molecule has 1 radical (unpaired) electrons. The summed E-state index contributed by atoms with van der Waals surface area (Å²) in [5.41, 5.74) is -16.9. The van der Waals surface area contributed by atoms with Gasteiger partial charge in [0.05, 0.1) is 0 Å². The molecule has 0 aromatic rings. The molecule has 0 rings (SSSR count). The zero-order chi connectivity index (χ0) is 21.0. The minimum Gasteiger partial charge on any atom is -0.741 e. The predicted octanol–water partition coefficient (Wildman–Crippen LogP) is 0.152. The summed E-state index contributed by atoms with van der Waals surface area (Å²) in [5.74, 6) is 0. The van der Waals surface area contributed by atoms with Gasteiger partial charge in [0.25, 0.3) is 0 Å². The average molecular weight is 555 g/mol. The second-order valence-corrected chi connectivity index (χ2v) is 6.81. The van der Waals surface area contributed by atoms with Gasteiger partial charge in [0, 0.05) is 22.4 Å². The van der Waals surface area contributed by atoms with Crippen LogP contribution in [0.4, 0.5) is 39.5 Å². The fourth-order valence-electron chi connectivity index (χ4n) is 0. The van der Waals surface area contributed by atoms with Crippen LogP contribution in [0.3, 0.4) is 0 Å². The van der Waals surface area contributed by atoms with Crippen molar-refractivity contribution in [3.63, 3.8) is 0 Å². The van der Waals surface area contributed by atoms with E-state index in [1.165, 1.54) is 0 Å². The zero-order valence-electron chi connectivity index (χ0n) is 10.1. The van der Waals surface area contributed by atoms with Gasteiger partial charge in [-0.25, -0.2) is 25.3 Å². The number of rotatable bonds is 0. The van der Waals surface area contributed by atoms with Gasteiger partial charge in [-0.3, -0.25) is 0 Å². The maximum absolute atomic E-state index is 10.7. The van der Waals surface area contributed by atoms with Crippen molar-refractivity contribution < 1.29 is 101 Å². The van der Waals surface area contributed by atoms with E-state index in [0.29, 0.717) is 0 Å². The summed E-state index contributed by atoms with van der Waals surface area (Å²) < 4.78 is 177. The van der Waals surface area contributed by atoms with Gasteiger partial charge in [-0.05, 0) is 0 Å². The van der Waals surface area contributed by atoms with Crippen molar-refractivity contribution >= 4 is 30.4 Å². The minimum atomic E-state index is -6.09. The maximum atomic E-state index is 10.7. The molecule has 0 aromatic heterocycles. The summed E-state index contributed by atoms with van der Waals surface area (Å²) in [4.78, 5) is 0. The van der Waals surface area contributed by atoms with Crippen LogP contribution in [-0.4, -0.2) is 55.4 Å². The van der Waals surface area contributed by atoms with E-state index >= 15 is 0 Å². The fourth-order valence-corrected chi connectivity index (χ4v) is 0. The molecule has 0 aromatic carbocycles. The molecule has 9 nitrogen and oxygen atoms in total. The van der Waals surface area contributed by atoms with E-state index in [9.17, 15) is 39.5 Å². The van der Waals surface area contributed by atoms with Gasteiger partial charge >= 0.3 is 16.5 Å². The SMILES string of the molecule is O=S(=O)([O-])C(F)(F)F.O=S(=O)([O-])C(F)(F)F.O=S(=O)([O-])C(F)(F)F.[Ag]. The third-order valence-electron chi connectivity index (χ3n) is 0.850. The van der Waals surface area contributed by atoms with E-state index in [0.717, 1.165) is 0 Å². The first-order valence-electron chi connectivity index (χ1n) is 3.81. The Balaban J connectivity index is -0.000000130. The summed E-state index contributed by atoms with van der Waals surface area (Å²) >= 11 is 0. The quantitative estimate of drug-likeness (QED) is 0.175. The molecule has 0 atom stereocenters. The largest absolute Gasteiger partial charge is 0.741 e. The van der Waals surface area contributed by atoms with Crippen LogP contribution in [0.15, 0.2) is 0 Å². The molecule has 0 heterocycles. The molecule has 25 heavy (non-hydrogen) atoms. The van der Waals surface area contributed by atoms with Gasteiger partial charge in [0.1, 0.15) is 0 Å². The molecule has 0 saturated carbocycles. The monoisotopic (exact) mass is 554 g/mol. The molecule has 0 aliphatic rings. The third-order valence-corrected chi connectivity index (χ3v) is 2.55. The first-order valence-corrected chi connectivity index (χ1v) is 8.04. The van der Waals surface area contributed by atoms with Gasteiger partial charge in [0.2, 0.25) is 0 Å². The van der Waals surface area contributed by atoms with Crippen LogP contribution in [0.2, 0.25) is 0 Å². The van der Waals surface area contributed by atoms with Crippen LogP contribution in [0.1, 0.15) is 0 Å². The first-order chi connectivity index (χ1) is 9.75. The number of alkyl halides is 9. The van der Waals surface area contributed by atoms with Gasteiger partial charge in [-0.15, -0.1) is 0 Å². The van der Waals surface area contributed by atoms with Gasteiger partial charge in [-0.2, -0.15) is 39.5 Å². The van der Waals surface area contributed by atoms with Crippen molar-refractivity contribution in [1.29, 1.82) is 0 Å². The van der Waals surface area contributed by atoms with Crippen LogP contribution in [0, 0.1) is 0 Å². The molecule has 0 amide bonds. The zero-order valence-corrected chi connectivity index (χ0v) is 14.0. The van der Waals surface area contributed by atoms with Crippen LogP contribution in [0.5, 0.6) is 0 Å². The van der Waals surface area contributed by atoms with Crippen LogP contribution in [-0.2, 0) is 52.7 Å². The molecule has 0 fully saturated rings. The molecule has 0 unspecified atom stereocenters. The van der Waals surface area contributed by atoms with Gasteiger partial charge in [0.15, 0.2) is 30.4 Å². The Morgan fingerprint density at radius 3 is 0.480 bits per heavy atom. The molecular formula is C3AgF9O9S3-3. The summed E-state index contributed by atoms with van der Waals surface area (Å²) in [7, 11) is -18.3. The minimum absolute atomic E-state index is 0. The van der Waals surface area contributed by atoms with E-state index in [4.69, 9.17) is 38.9 Å². The predicted molar refractivity (Wildman–Crippen MR) is 47.3 cm³/mol. The van der Waals surface area contributed by atoms with Crippen molar-refractivity contribution in [2.24, 2.45) is 0 Å². The maximum Gasteiger partial charge on any atom is 0.485 e. The Morgan fingerprint density at radius 2 is 0.480 bits per heavy atom. The Kier molecular flexibility index (Phi) is 12.6. The standard InChI is InChI=1S/3CHF3O3S.Ag/c3*2-1(3,4)8(5,6)7;/h3*(H,5,6,7);/p-3. The van der Waals surface area contributed by atoms with E-state index in [1.807, 2.05) is 0 Å². The van der Waals surface area contributed by atoms with Crippen LogP contribution >= 0.6 is 0 Å². The second-order valence-electron chi connectivity index (χ2n) is 2.70. The normalized spacial score (nSPS) is 13.4. The molecule has 0 N–H and O–H groups in total. The smallest absolute Gasteiger partial charge is 0.485 e.